The molecule has 2 aromatic carbocycles. The normalized spacial score (nSPS) is 19.3. The molecule has 0 N–H and O–H groups in total. The number of amides is 1. The predicted molar refractivity (Wildman–Crippen MR) is 152 cm³/mol. The molecular formula is C27H33ClN4O4S2. The Morgan fingerprint density at radius 1 is 1.11 bits per heavy atom. The molecular weight excluding hydrogens is 544 g/mol. The Morgan fingerprint density at radius 3 is 2.53 bits per heavy atom. The van der Waals surface area contributed by atoms with Gasteiger partial charge in [-0.1, -0.05) is 35.1 Å². The number of anilines is 1. The van der Waals surface area contributed by atoms with Gasteiger partial charge in [0.2, 0.25) is 15.9 Å². The topological polar surface area (TPSA) is 83.0 Å². The molecule has 11 heteroatoms. The number of hydrogen-bond acceptors (Lipinski definition) is 7. The quantitative estimate of drug-likeness (QED) is 0.393. The number of benzene rings is 2. The van der Waals surface area contributed by atoms with Gasteiger partial charge >= 0.3 is 0 Å². The second-order valence-corrected chi connectivity index (χ2v) is 13.2. The first kappa shape index (κ1) is 27.5. The van der Waals surface area contributed by atoms with Crippen LogP contribution in [-0.2, 0) is 19.6 Å². The standard InChI is InChI=1S/C27H33ClN4O4S2/c1-19-6-7-20(2)25-24(19)29-27(37-25)31(13-4-12-30-15-17-36-18-16-30)26(33)23-5-3-14-32(23)38(34,35)22-10-8-21(28)9-11-22/h6-11,23H,3-5,12-18H2,1-2H3. The lowest BCUT2D eigenvalue weighted by atomic mass is 10.1. The van der Waals surface area contributed by atoms with E-state index >= 15 is 0 Å². The van der Waals surface area contributed by atoms with Gasteiger partial charge in [-0.3, -0.25) is 14.6 Å². The summed E-state index contributed by atoms with van der Waals surface area (Å²) >= 11 is 7.49. The molecule has 3 aromatic rings. The third-order valence-corrected chi connectivity index (χ3v) is 10.7. The summed E-state index contributed by atoms with van der Waals surface area (Å²) in [6, 6.07) is 9.46. The number of fused-ring (bicyclic) bond motifs is 1. The molecule has 2 aliphatic heterocycles. The first-order valence-electron chi connectivity index (χ1n) is 13.0. The maximum atomic E-state index is 14.1. The van der Waals surface area contributed by atoms with Crippen LogP contribution in [0.1, 0.15) is 30.4 Å². The van der Waals surface area contributed by atoms with Gasteiger partial charge in [-0.05, 0) is 68.5 Å². The van der Waals surface area contributed by atoms with Crippen LogP contribution in [0.2, 0.25) is 5.02 Å². The number of halogens is 1. The molecule has 38 heavy (non-hydrogen) atoms. The molecule has 5 rings (SSSR count). The molecule has 1 amide bonds. The number of thiazole rings is 1. The van der Waals surface area contributed by atoms with Gasteiger partial charge in [0.05, 0.1) is 28.3 Å². The van der Waals surface area contributed by atoms with Crippen molar-refractivity contribution in [3.63, 3.8) is 0 Å². The highest BCUT2D eigenvalue weighted by atomic mass is 35.5. The van der Waals surface area contributed by atoms with Crippen molar-refractivity contribution in [3.8, 4) is 0 Å². The van der Waals surface area contributed by atoms with Crippen LogP contribution in [0.15, 0.2) is 41.3 Å². The zero-order chi connectivity index (χ0) is 26.9. The molecule has 2 aliphatic rings. The largest absolute Gasteiger partial charge is 0.379 e. The molecule has 3 heterocycles. The van der Waals surface area contributed by atoms with E-state index in [4.69, 9.17) is 21.3 Å². The Bertz CT molecular complexity index is 1370. The second-order valence-electron chi connectivity index (χ2n) is 9.90. The van der Waals surface area contributed by atoms with Gasteiger partial charge in [-0.25, -0.2) is 13.4 Å². The highest BCUT2D eigenvalue weighted by Gasteiger charge is 2.42. The Balaban J connectivity index is 1.44. The SMILES string of the molecule is Cc1ccc(C)c2sc(N(CCCN3CCOCC3)C(=O)C3CCCN3S(=O)(=O)c3ccc(Cl)cc3)nc12. The fourth-order valence-electron chi connectivity index (χ4n) is 5.14. The fraction of sp³-hybridized carbons (Fsp3) is 0.481. The Kier molecular flexibility index (Phi) is 8.37. The number of ether oxygens (including phenoxy) is 1. The summed E-state index contributed by atoms with van der Waals surface area (Å²) in [5.74, 6) is -0.212. The summed E-state index contributed by atoms with van der Waals surface area (Å²) in [5.41, 5.74) is 3.07. The minimum absolute atomic E-state index is 0.145. The maximum Gasteiger partial charge on any atom is 0.247 e. The van der Waals surface area contributed by atoms with Crippen LogP contribution in [0.4, 0.5) is 5.13 Å². The molecule has 0 aliphatic carbocycles. The van der Waals surface area contributed by atoms with Crippen LogP contribution >= 0.6 is 22.9 Å². The van der Waals surface area contributed by atoms with Crippen molar-refractivity contribution >= 4 is 54.2 Å². The summed E-state index contributed by atoms with van der Waals surface area (Å²) in [6.07, 6.45) is 1.87. The smallest absolute Gasteiger partial charge is 0.247 e. The zero-order valence-electron chi connectivity index (χ0n) is 21.7. The average molecular weight is 577 g/mol. The van der Waals surface area contributed by atoms with Gasteiger partial charge in [0.1, 0.15) is 6.04 Å². The molecule has 1 aromatic heterocycles. The molecule has 1 unspecified atom stereocenters. The van der Waals surface area contributed by atoms with Crippen LogP contribution < -0.4 is 4.90 Å². The molecule has 2 fully saturated rings. The second kappa shape index (κ2) is 11.6. The molecule has 2 saturated heterocycles. The van der Waals surface area contributed by atoms with Gasteiger partial charge in [0.25, 0.3) is 0 Å². The van der Waals surface area contributed by atoms with Crippen LogP contribution in [0, 0.1) is 13.8 Å². The van der Waals surface area contributed by atoms with Crippen molar-refractivity contribution in [2.24, 2.45) is 0 Å². The van der Waals surface area contributed by atoms with E-state index in [9.17, 15) is 13.2 Å². The van der Waals surface area contributed by atoms with Crippen LogP contribution in [-0.4, -0.2) is 80.5 Å². The number of carbonyl (C=O) groups is 1. The summed E-state index contributed by atoms with van der Waals surface area (Å²) in [5, 5.41) is 1.09. The Labute approximate surface area is 233 Å². The number of carbonyl (C=O) groups excluding carboxylic acids is 1. The van der Waals surface area contributed by atoms with E-state index in [1.54, 1.807) is 17.0 Å². The first-order valence-corrected chi connectivity index (χ1v) is 15.6. The summed E-state index contributed by atoms with van der Waals surface area (Å²) in [6.45, 7) is 8.89. The van der Waals surface area contributed by atoms with Crippen LogP contribution in [0.3, 0.4) is 0 Å². The van der Waals surface area contributed by atoms with Crippen LogP contribution in [0.25, 0.3) is 10.2 Å². The fourth-order valence-corrected chi connectivity index (χ4v) is 8.06. The van der Waals surface area contributed by atoms with Gasteiger partial charge in [0.15, 0.2) is 5.13 Å². The molecule has 0 saturated carbocycles. The number of rotatable bonds is 8. The third kappa shape index (κ3) is 5.61. The Morgan fingerprint density at radius 2 is 1.82 bits per heavy atom. The summed E-state index contributed by atoms with van der Waals surface area (Å²) < 4.78 is 35.0. The third-order valence-electron chi connectivity index (χ3n) is 7.30. The van der Waals surface area contributed by atoms with E-state index in [2.05, 4.69) is 11.0 Å². The Hall–Kier alpha value is -2.08. The molecule has 0 spiro atoms. The van der Waals surface area contributed by atoms with Gasteiger partial charge in [-0.2, -0.15) is 4.31 Å². The number of morpholine rings is 1. The highest BCUT2D eigenvalue weighted by molar-refractivity contribution is 7.89. The number of aryl methyl sites for hydroxylation is 2. The van der Waals surface area contributed by atoms with E-state index < -0.39 is 16.1 Å². The zero-order valence-corrected chi connectivity index (χ0v) is 24.1. The molecule has 0 radical (unpaired) electrons. The molecule has 1 atom stereocenters. The van der Waals surface area contributed by atoms with Crippen molar-refractivity contribution in [3.05, 3.63) is 52.5 Å². The lowest BCUT2D eigenvalue weighted by Gasteiger charge is -2.30. The highest BCUT2D eigenvalue weighted by Crippen LogP contribution is 2.35. The summed E-state index contributed by atoms with van der Waals surface area (Å²) in [4.78, 5) is 23.3. The van der Waals surface area contributed by atoms with E-state index in [1.165, 1.54) is 27.8 Å². The molecule has 0 bridgehead atoms. The monoisotopic (exact) mass is 576 g/mol. The van der Waals surface area contributed by atoms with E-state index in [-0.39, 0.29) is 10.8 Å². The molecule has 204 valence electrons. The van der Waals surface area contributed by atoms with Crippen molar-refractivity contribution in [1.29, 1.82) is 0 Å². The minimum atomic E-state index is -3.85. The molecule has 8 nitrogen and oxygen atoms in total. The van der Waals surface area contributed by atoms with Crippen molar-refractivity contribution in [2.75, 3.05) is 50.8 Å². The van der Waals surface area contributed by atoms with Gasteiger partial charge < -0.3 is 4.74 Å². The van der Waals surface area contributed by atoms with Gasteiger partial charge in [0, 0.05) is 37.7 Å². The summed E-state index contributed by atoms with van der Waals surface area (Å²) in [7, 11) is -3.85. The number of hydrogen-bond donors (Lipinski definition) is 0. The lowest BCUT2D eigenvalue weighted by molar-refractivity contribution is -0.121. The van der Waals surface area contributed by atoms with Crippen molar-refractivity contribution in [1.82, 2.24) is 14.2 Å². The lowest BCUT2D eigenvalue weighted by Crippen LogP contribution is -2.48. The maximum absolute atomic E-state index is 14.1. The van der Waals surface area contributed by atoms with Gasteiger partial charge in [-0.15, -0.1) is 0 Å². The number of nitrogens with zero attached hydrogens (tertiary/aromatic N) is 4. The predicted octanol–water partition coefficient (Wildman–Crippen LogP) is 4.48. The number of aromatic nitrogens is 1. The first-order chi connectivity index (χ1) is 18.3. The van der Waals surface area contributed by atoms with Crippen molar-refractivity contribution in [2.45, 2.75) is 44.0 Å². The number of sulfonamides is 1. The van der Waals surface area contributed by atoms with E-state index in [1.807, 2.05) is 19.9 Å². The average Bonchev–Trinajstić information content (AvgIpc) is 3.59. The van der Waals surface area contributed by atoms with E-state index in [0.29, 0.717) is 36.1 Å². The minimum Gasteiger partial charge on any atom is -0.379 e. The van der Waals surface area contributed by atoms with Crippen molar-refractivity contribution < 1.29 is 17.9 Å². The van der Waals surface area contributed by atoms with E-state index in [0.717, 1.165) is 60.6 Å². The van der Waals surface area contributed by atoms with Crippen LogP contribution in [0.5, 0.6) is 0 Å².